The average molecular weight is 465 g/mol. The minimum absolute atomic E-state index is 0.0577. The van der Waals surface area contributed by atoms with Gasteiger partial charge < -0.3 is 19.1 Å². The lowest BCUT2D eigenvalue weighted by molar-refractivity contribution is 0.0628. The standard InChI is InChI=1S/C26H25ClN2O4/c27-22-5-2-6-23(15-22)31-17-20-3-1-4-21(13-20)26(30)29-11-9-28(10-12-29)16-19-7-8-24-25(14-19)33-18-32-24/h1-8,13-15H,9-12,16-18H2. The van der Waals surface area contributed by atoms with E-state index in [9.17, 15) is 4.79 Å². The summed E-state index contributed by atoms with van der Waals surface area (Å²) in [6, 6.07) is 21.0. The zero-order valence-electron chi connectivity index (χ0n) is 18.2. The monoisotopic (exact) mass is 464 g/mol. The molecule has 0 atom stereocenters. The third-order valence-corrected chi connectivity index (χ3v) is 6.11. The molecule has 0 radical (unpaired) electrons. The maximum Gasteiger partial charge on any atom is 0.253 e. The van der Waals surface area contributed by atoms with Gasteiger partial charge in [0.25, 0.3) is 5.91 Å². The number of carbonyl (C=O) groups is 1. The van der Waals surface area contributed by atoms with Gasteiger partial charge in [-0.05, 0) is 53.6 Å². The Hall–Kier alpha value is -3.22. The maximum absolute atomic E-state index is 13.1. The van der Waals surface area contributed by atoms with Crippen LogP contribution in [0.5, 0.6) is 17.2 Å². The summed E-state index contributed by atoms with van der Waals surface area (Å²) in [4.78, 5) is 17.4. The second-order valence-electron chi connectivity index (χ2n) is 8.20. The Morgan fingerprint density at radius 2 is 1.70 bits per heavy atom. The number of nitrogens with zero attached hydrogens (tertiary/aromatic N) is 2. The molecule has 33 heavy (non-hydrogen) atoms. The highest BCUT2D eigenvalue weighted by Crippen LogP contribution is 2.33. The average Bonchev–Trinajstić information content (AvgIpc) is 3.31. The van der Waals surface area contributed by atoms with Gasteiger partial charge in [0, 0.05) is 43.3 Å². The van der Waals surface area contributed by atoms with Crippen LogP contribution in [0.15, 0.2) is 66.7 Å². The van der Waals surface area contributed by atoms with E-state index in [4.69, 9.17) is 25.8 Å². The van der Waals surface area contributed by atoms with Crippen molar-refractivity contribution in [3.63, 3.8) is 0 Å². The first-order valence-electron chi connectivity index (χ1n) is 11.0. The summed E-state index contributed by atoms with van der Waals surface area (Å²) in [6.45, 7) is 4.56. The quantitative estimate of drug-likeness (QED) is 0.533. The molecule has 5 rings (SSSR count). The highest BCUT2D eigenvalue weighted by atomic mass is 35.5. The highest BCUT2D eigenvalue weighted by molar-refractivity contribution is 6.30. The Bertz CT molecular complexity index is 1140. The van der Waals surface area contributed by atoms with E-state index >= 15 is 0 Å². The molecule has 3 aromatic rings. The van der Waals surface area contributed by atoms with E-state index < -0.39 is 0 Å². The van der Waals surface area contributed by atoms with E-state index in [0.717, 1.165) is 36.7 Å². The Morgan fingerprint density at radius 1 is 0.879 bits per heavy atom. The molecule has 7 heteroatoms. The molecule has 3 aromatic carbocycles. The molecule has 0 aromatic heterocycles. The fourth-order valence-corrected chi connectivity index (χ4v) is 4.29. The van der Waals surface area contributed by atoms with Crippen LogP contribution in [0, 0.1) is 0 Å². The van der Waals surface area contributed by atoms with E-state index in [-0.39, 0.29) is 12.7 Å². The van der Waals surface area contributed by atoms with Crippen LogP contribution in [0.1, 0.15) is 21.5 Å². The second kappa shape index (κ2) is 9.73. The van der Waals surface area contributed by atoms with Crippen LogP contribution in [0.3, 0.4) is 0 Å². The van der Waals surface area contributed by atoms with Gasteiger partial charge >= 0.3 is 0 Å². The first kappa shape index (κ1) is 21.6. The largest absolute Gasteiger partial charge is 0.489 e. The number of carbonyl (C=O) groups excluding carboxylic acids is 1. The minimum Gasteiger partial charge on any atom is -0.489 e. The molecule has 170 valence electrons. The van der Waals surface area contributed by atoms with Crippen molar-refractivity contribution in [2.24, 2.45) is 0 Å². The molecule has 0 aliphatic carbocycles. The smallest absolute Gasteiger partial charge is 0.253 e. The van der Waals surface area contributed by atoms with Crippen LogP contribution < -0.4 is 14.2 Å². The van der Waals surface area contributed by atoms with Crippen LogP contribution in [0.2, 0.25) is 5.02 Å². The SMILES string of the molecule is O=C(c1cccc(COc2cccc(Cl)c2)c1)N1CCN(Cc2ccc3c(c2)OCO3)CC1. The fraction of sp³-hybridized carbons (Fsp3) is 0.269. The number of halogens is 1. The van der Waals surface area contributed by atoms with Crippen LogP contribution in [-0.4, -0.2) is 48.7 Å². The summed E-state index contributed by atoms with van der Waals surface area (Å²) in [5.41, 5.74) is 2.82. The maximum atomic E-state index is 13.1. The van der Waals surface area contributed by atoms with Crippen molar-refractivity contribution in [1.82, 2.24) is 9.80 Å². The molecule has 2 aliphatic heterocycles. The summed E-state index contributed by atoms with van der Waals surface area (Å²) in [5, 5.41) is 0.633. The van der Waals surface area contributed by atoms with E-state index in [1.807, 2.05) is 59.5 Å². The highest BCUT2D eigenvalue weighted by Gasteiger charge is 2.23. The zero-order valence-corrected chi connectivity index (χ0v) is 19.0. The molecule has 0 spiro atoms. The van der Waals surface area contributed by atoms with Gasteiger partial charge in [-0.3, -0.25) is 9.69 Å². The summed E-state index contributed by atoms with van der Waals surface area (Å²) < 4.78 is 16.7. The number of hydrogen-bond donors (Lipinski definition) is 0. The zero-order chi connectivity index (χ0) is 22.6. The molecular formula is C26H25ClN2O4. The molecule has 0 bridgehead atoms. The Morgan fingerprint density at radius 3 is 2.55 bits per heavy atom. The van der Waals surface area contributed by atoms with Crippen LogP contribution in [0.4, 0.5) is 0 Å². The van der Waals surface area contributed by atoms with Gasteiger partial charge in [-0.25, -0.2) is 0 Å². The minimum atomic E-state index is 0.0577. The van der Waals surface area contributed by atoms with Crippen molar-refractivity contribution in [3.05, 3.63) is 88.4 Å². The van der Waals surface area contributed by atoms with Crippen molar-refractivity contribution in [3.8, 4) is 17.2 Å². The molecule has 2 heterocycles. The lowest BCUT2D eigenvalue weighted by Gasteiger charge is -2.34. The van der Waals surface area contributed by atoms with Gasteiger partial charge in [0.05, 0.1) is 0 Å². The van der Waals surface area contributed by atoms with Crippen LogP contribution >= 0.6 is 11.6 Å². The van der Waals surface area contributed by atoms with Gasteiger partial charge in [0.2, 0.25) is 6.79 Å². The van der Waals surface area contributed by atoms with Gasteiger partial charge in [-0.2, -0.15) is 0 Å². The molecule has 2 aliphatic rings. The number of ether oxygens (including phenoxy) is 3. The van der Waals surface area contributed by atoms with Crippen molar-refractivity contribution in [1.29, 1.82) is 0 Å². The van der Waals surface area contributed by atoms with Crippen molar-refractivity contribution in [2.45, 2.75) is 13.2 Å². The third-order valence-electron chi connectivity index (χ3n) is 5.88. The van der Waals surface area contributed by atoms with Crippen molar-refractivity contribution >= 4 is 17.5 Å². The molecule has 1 fully saturated rings. The van der Waals surface area contributed by atoms with Gasteiger partial charge in [0.1, 0.15) is 12.4 Å². The van der Waals surface area contributed by atoms with Gasteiger partial charge in [-0.15, -0.1) is 0 Å². The number of fused-ring (bicyclic) bond motifs is 1. The van der Waals surface area contributed by atoms with Crippen molar-refractivity contribution < 1.29 is 19.0 Å². The molecule has 1 saturated heterocycles. The number of piperazine rings is 1. The molecule has 0 saturated carbocycles. The Kier molecular flexibility index (Phi) is 6.37. The van der Waals surface area contributed by atoms with E-state index in [1.165, 1.54) is 5.56 Å². The molecular weight excluding hydrogens is 440 g/mol. The molecule has 1 amide bonds. The topological polar surface area (TPSA) is 51.2 Å². The first-order valence-corrected chi connectivity index (χ1v) is 11.4. The van der Waals surface area contributed by atoms with Crippen LogP contribution in [0.25, 0.3) is 0 Å². The molecule has 6 nitrogen and oxygen atoms in total. The van der Waals surface area contributed by atoms with E-state index in [2.05, 4.69) is 11.0 Å². The summed E-state index contributed by atoms with van der Waals surface area (Å²) in [7, 11) is 0. The third kappa shape index (κ3) is 5.24. The molecule has 0 unspecified atom stereocenters. The van der Waals surface area contributed by atoms with E-state index in [0.29, 0.717) is 36.0 Å². The van der Waals surface area contributed by atoms with E-state index in [1.54, 1.807) is 6.07 Å². The number of benzene rings is 3. The van der Waals surface area contributed by atoms with Gasteiger partial charge in [0.15, 0.2) is 11.5 Å². The summed E-state index contributed by atoms with van der Waals surface area (Å²) in [6.07, 6.45) is 0. The van der Waals surface area contributed by atoms with Crippen LogP contribution in [-0.2, 0) is 13.2 Å². The lowest BCUT2D eigenvalue weighted by atomic mass is 10.1. The lowest BCUT2D eigenvalue weighted by Crippen LogP contribution is -2.48. The molecule has 0 N–H and O–H groups in total. The first-order chi connectivity index (χ1) is 16.1. The van der Waals surface area contributed by atoms with Gasteiger partial charge in [-0.1, -0.05) is 35.9 Å². The second-order valence-corrected chi connectivity index (χ2v) is 8.64. The fourth-order valence-electron chi connectivity index (χ4n) is 4.11. The Labute approximate surface area is 198 Å². The predicted octanol–water partition coefficient (Wildman–Crippen LogP) is 4.61. The number of rotatable bonds is 6. The number of amides is 1. The normalized spacial score (nSPS) is 15.5. The number of hydrogen-bond acceptors (Lipinski definition) is 5. The predicted molar refractivity (Wildman–Crippen MR) is 126 cm³/mol. The van der Waals surface area contributed by atoms with Crippen molar-refractivity contribution in [2.75, 3.05) is 33.0 Å². The Balaban J connectivity index is 1.15. The summed E-state index contributed by atoms with van der Waals surface area (Å²) >= 11 is 6.01. The summed E-state index contributed by atoms with van der Waals surface area (Å²) in [5.74, 6) is 2.37.